The van der Waals surface area contributed by atoms with Gasteiger partial charge in [-0.1, -0.05) is 37.3 Å². The second-order valence-electron chi connectivity index (χ2n) is 7.97. The van der Waals surface area contributed by atoms with Crippen LogP contribution in [0.3, 0.4) is 0 Å². The van der Waals surface area contributed by atoms with Gasteiger partial charge in [0.15, 0.2) is 5.65 Å². The van der Waals surface area contributed by atoms with Crippen LogP contribution >= 0.6 is 0 Å². The maximum atomic E-state index is 5.89. The molecule has 5 heteroatoms. The molecule has 0 radical (unpaired) electrons. The molecule has 0 aliphatic carbocycles. The third kappa shape index (κ3) is 3.89. The zero-order chi connectivity index (χ0) is 18.9. The van der Waals surface area contributed by atoms with Crippen molar-refractivity contribution in [3.8, 4) is 11.1 Å². The first-order chi connectivity index (χ1) is 13.1. The molecule has 142 valence electrons. The normalized spacial score (nSPS) is 19.6. The van der Waals surface area contributed by atoms with Gasteiger partial charge in [0, 0.05) is 42.7 Å². The summed E-state index contributed by atoms with van der Waals surface area (Å²) in [6, 6.07) is 10.9. The lowest BCUT2D eigenvalue weighted by Crippen LogP contribution is -2.45. The van der Waals surface area contributed by atoms with Crippen LogP contribution in [0.15, 0.2) is 48.9 Å². The van der Waals surface area contributed by atoms with E-state index in [2.05, 4.69) is 49.1 Å². The topological polar surface area (TPSA) is 42.7 Å². The van der Waals surface area contributed by atoms with E-state index in [4.69, 9.17) is 9.72 Å². The van der Waals surface area contributed by atoms with Gasteiger partial charge in [-0.3, -0.25) is 4.90 Å². The highest BCUT2D eigenvalue weighted by molar-refractivity contribution is 5.76. The van der Waals surface area contributed by atoms with E-state index in [0.717, 1.165) is 49.3 Å². The SMILES string of the molecule is CCN(Cc1cnc2c(-c3ccccc3)cnn2c1)C1CCOC(C)(C)C1. The molecule has 2 aromatic heterocycles. The Balaban J connectivity index is 1.55. The van der Waals surface area contributed by atoms with Crippen LogP contribution in [0.25, 0.3) is 16.8 Å². The van der Waals surface area contributed by atoms with Crippen LogP contribution in [0, 0.1) is 0 Å². The maximum Gasteiger partial charge on any atom is 0.162 e. The standard InChI is InChI=1S/C22H28N4O/c1-4-25(19-10-11-27-22(2,3)12-19)15-17-13-23-21-20(14-24-26(21)16-17)18-8-6-5-7-9-18/h5-9,13-14,16,19H,4,10-12,15H2,1-3H3. The van der Waals surface area contributed by atoms with E-state index in [1.165, 1.54) is 5.56 Å². The number of hydrogen-bond acceptors (Lipinski definition) is 4. The summed E-state index contributed by atoms with van der Waals surface area (Å²) in [6.07, 6.45) is 8.17. The van der Waals surface area contributed by atoms with Crippen LogP contribution < -0.4 is 0 Å². The minimum atomic E-state index is -0.0366. The molecule has 4 rings (SSSR count). The molecule has 1 saturated heterocycles. The number of nitrogens with zero attached hydrogens (tertiary/aromatic N) is 4. The van der Waals surface area contributed by atoms with Gasteiger partial charge >= 0.3 is 0 Å². The third-order valence-electron chi connectivity index (χ3n) is 5.47. The number of fused-ring (bicyclic) bond motifs is 1. The van der Waals surface area contributed by atoms with Crippen molar-refractivity contribution in [2.75, 3.05) is 13.2 Å². The Kier molecular flexibility index (Phi) is 4.98. The van der Waals surface area contributed by atoms with Crippen LogP contribution in [0.2, 0.25) is 0 Å². The minimum Gasteiger partial charge on any atom is -0.375 e. The largest absolute Gasteiger partial charge is 0.375 e. The highest BCUT2D eigenvalue weighted by atomic mass is 16.5. The zero-order valence-electron chi connectivity index (χ0n) is 16.4. The van der Waals surface area contributed by atoms with Gasteiger partial charge in [0.05, 0.1) is 11.8 Å². The average molecular weight is 364 g/mol. The lowest BCUT2D eigenvalue weighted by molar-refractivity contribution is -0.0838. The predicted molar refractivity (Wildman–Crippen MR) is 108 cm³/mol. The molecular formula is C22H28N4O. The molecular weight excluding hydrogens is 336 g/mol. The molecule has 0 saturated carbocycles. The highest BCUT2D eigenvalue weighted by Gasteiger charge is 2.31. The zero-order valence-corrected chi connectivity index (χ0v) is 16.4. The van der Waals surface area contributed by atoms with Gasteiger partial charge in [-0.15, -0.1) is 0 Å². The summed E-state index contributed by atoms with van der Waals surface area (Å²) in [4.78, 5) is 7.26. The molecule has 1 fully saturated rings. The van der Waals surface area contributed by atoms with E-state index in [-0.39, 0.29) is 5.60 Å². The molecule has 1 aliphatic heterocycles. The van der Waals surface area contributed by atoms with Crippen LogP contribution in [-0.2, 0) is 11.3 Å². The Morgan fingerprint density at radius 2 is 2.04 bits per heavy atom. The van der Waals surface area contributed by atoms with Gasteiger partial charge in [0.25, 0.3) is 0 Å². The van der Waals surface area contributed by atoms with E-state index in [1.807, 2.05) is 35.1 Å². The first kappa shape index (κ1) is 18.1. The Bertz CT molecular complexity index is 903. The molecule has 0 N–H and O–H groups in total. The maximum absolute atomic E-state index is 5.89. The van der Waals surface area contributed by atoms with Gasteiger partial charge in [0.1, 0.15) is 0 Å². The van der Waals surface area contributed by atoms with Crippen molar-refractivity contribution in [1.82, 2.24) is 19.5 Å². The summed E-state index contributed by atoms with van der Waals surface area (Å²) in [7, 11) is 0. The van der Waals surface area contributed by atoms with Crippen LogP contribution in [0.1, 0.15) is 39.2 Å². The summed E-state index contributed by atoms with van der Waals surface area (Å²) >= 11 is 0. The fourth-order valence-electron chi connectivity index (χ4n) is 4.06. The molecule has 0 bridgehead atoms. The molecule has 1 atom stereocenters. The van der Waals surface area contributed by atoms with Crippen molar-refractivity contribution in [1.29, 1.82) is 0 Å². The molecule has 0 amide bonds. The average Bonchev–Trinajstić information content (AvgIpc) is 3.09. The quantitative estimate of drug-likeness (QED) is 0.681. The molecule has 3 heterocycles. The Hall–Kier alpha value is -2.24. The number of benzene rings is 1. The fraction of sp³-hybridized carbons (Fsp3) is 0.455. The van der Waals surface area contributed by atoms with Crippen molar-refractivity contribution in [2.24, 2.45) is 0 Å². The number of aromatic nitrogens is 3. The highest BCUT2D eigenvalue weighted by Crippen LogP contribution is 2.28. The Morgan fingerprint density at radius 3 is 2.78 bits per heavy atom. The predicted octanol–water partition coefficient (Wildman–Crippen LogP) is 4.18. The minimum absolute atomic E-state index is 0.0366. The van der Waals surface area contributed by atoms with E-state index >= 15 is 0 Å². The first-order valence-electron chi connectivity index (χ1n) is 9.81. The number of hydrogen-bond donors (Lipinski definition) is 0. The van der Waals surface area contributed by atoms with Gasteiger partial charge in [-0.25, -0.2) is 9.50 Å². The molecule has 1 aromatic carbocycles. The Labute approximate surface area is 161 Å². The van der Waals surface area contributed by atoms with Crippen molar-refractivity contribution in [2.45, 2.75) is 51.8 Å². The van der Waals surface area contributed by atoms with Crippen LogP contribution in [0.4, 0.5) is 0 Å². The smallest absolute Gasteiger partial charge is 0.162 e. The van der Waals surface area contributed by atoms with E-state index in [9.17, 15) is 0 Å². The molecule has 3 aromatic rings. The number of ether oxygens (including phenoxy) is 1. The molecule has 1 aliphatic rings. The van der Waals surface area contributed by atoms with Gasteiger partial charge in [-0.05, 0) is 38.8 Å². The monoisotopic (exact) mass is 364 g/mol. The molecule has 1 unspecified atom stereocenters. The summed E-state index contributed by atoms with van der Waals surface area (Å²) in [5.74, 6) is 0. The van der Waals surface area contributed by atoms with E-state index < -0.39 is 0 Å². The summed E-state index contributed by atoms with van der Waals surface area (Å²) in [5, 5.41) is 4.54. The summed E-state index contributed by atoms with van der Waals surface area (Å²) in [5.41, 5.74) is 4.27. The second kappa shape index (κ2) is 7.41. The van der Waals surface area contributed by atoms with Crippen LogP contribution in [0.5, 0.6) is 0 Å². The fourth-order valence-corrected chi connectivity index (χ4v) is 4.06. The second-order valence-corrected chi connectivity index (χ2v) is 7.97. The summed E-state index contributed by atoms with van der Waals surface area (Å²) in [6.45, 7) is 9.36. The van der Waals surface area contributed by atoms with Crippen molar-refractivity contribution in [3.05, 3.63) is 54.5 Å². The van der Waals surface area contributed by atoms with Gasteiger partial charge in [-0.2, -0.15) is 5.10 Å². The van der Waals surface area contributed by atoms with Crippen molar-refractivity contribution < 1.29 is 4.74 Å². The van der Waals surface area contributed by atoms with Crippen molar-refractivity contribution >= 4 is 5.65 Å². The first-order valence-corrected chi connectivity index (χ1v) is 9.81. The summed E-state index contributed by atoms with van der Waals surface area (Å²) < 4.78 is 7.79. The molecule has 27 heavy (non-hydrogen) atoms. The van der Waals surface area contributed by atoms with Gasteiger partial charge in [0.2, 0.25) is 0 Å². The molecule has 0 spiro atoms. The Morgan fingerprint density at radius 1 is 1.22 bits per heavy atom. The van der Waals surface area contributed by atoms with Gasteiger partial charge < -0.3 is 4.74 Å². The molecule has 5 nitrogen and oxygen atoms in total. The lowest BCUT2D eigenvalue weighted by atomic mass is 9.92. The van der Waals surface area contributed by atoms with E-state index in [1.54, 1.807) is 0 Å². The third-order valence-corrected chi connectivity index (χ3v) is 5.47. The number of rotatable bonds is 5. The van der Waals surface area contributed by atoms with Crippen LogP contribution in [-0.4, -0.2) is 44.3 Å². The lowest BCUT2D eigenvalue weighted by Gasteiger charge is -2.41. The van der Waals surface area contributed by atoms with Crippen molar-refractivity contribution in [3.63, 3.8) is 0 Å². The van der Waals surface area contributed by atoms with E-state index in [0.29, 0.717) is 6.04 Å².